The molecule has 94 valence electrons. The fourth-order valence-corrected chi connectivity index (χ4v) is 1.39. The van der Waals surface area contributed by atoms with Gasteiger partial charge in [-0.05, 0) is 19.1 Å². The van der Waals surface area contributed by atoms with Crippen LogP contribution in [0, 0.1) is 0 Å². The van der Waals surface area contributed by atoms with Gasteiger partial charge in [0.2, 0.25) is 17.8 Å². The van der Waals surface area contributed by atoms with Gasteiger partial charge in [-0.2, -0.15) is 15.0 Å². The summed E-state index contributed by atoms with van der Waals surface area (Å²) in [5, 5.41) is 15.5. The first kappa shape index (κ1) is 11.9. The number of nitrogens with two attached hydrogens (primary N) is 1. The Morgan fingerprint density at radius 2 is 1.89 bits per heavy atom. The van der Waals surface area contributed by atoms with E-state index < -0.39 is 0 Å². The van der Waals surface area contributed by atoms with E-state index in [0.29, 0.717) is 18.2 Å². The number of para-hydroxylation sites is 2. The molecule has 0 fully saturated rings. The van der Waals surface area contributed by atoms with Gasteiger partial charge in [0.15, 0.2) is 0 Å². The Kier molecular flexibility index (Phi) is 3.42. The molecule has 1 aromatic heterocycles. The number of benzene rings is 1. The van der Waals surface area contributed by atoms with Crippen molar-refractivity contribution in [1.82, 2.24) is 15.0 Å². The number of anilines is 4. The number of aromatic hydroxyl groups is 1. The van der Waals surface area contributed by atoms with Crippen LogP contribution in [-0.4, -0.2) is 26.6 Å². The van der Waals surface area contributed by atoms with Crippen LogP contribution in [0.1, 0.15) is 6.92 Å². The van der Waals surface area contributed by atoms with Crippen LogP contribution >= 0.6 is 0 Å². The van der Waals surface area contributed by atoms with Crippen molar-refractivity contribution in [3.8, 4) is 5.75 Å². The molecule has 0 aliphatic heterocycles. The van der Waals surface area contributed by atoms with Crippen molar-refractivity contribution in [2.24, 2.45) is 0 Å². The van der Waals surface area contributed by atoms with E-state index in [9.17, 15) is 5.11 Å². The van der Waals surface area contributed by atoms with Crippen molar-refractivity contribution in [2.75, 3.05) is 22.9 Å². The van der Waals surface area contributed by atoms with Gasteiger partial charge in [0, 0.05) is 6.54 Å². The van der Waals surface area contributed by atoms with Gasteiger partial charge in [0.05, 0.1) is 5.69 Å². The minimum atomic E-state index is 0.110. The molecule has 7 nitrogen and oxygen atoms in total. The summed E-state index contributed by atoms with van der Waals surface area (Å²) in [5.41, 5.74) is 6.08. The molecule has 0 unspecified atom stereocenters. The lowest BCUT2D eigenvalue weighted by Gasteiger charge is -2.08. The van der Waals surface area contributed by atoms with Crippen LogP contribution < -0.4 is 16.4 Å². The fourth-order valence-electron chi connectivity index (χ4n) is 1.39. The van der Waals surface area contributed by atoms with Crippen molar-refractivity contribution >= 4 is 23.5 Å². The van der Waals surface area contributed by atoms with Gasteiger partial charge in [-0.1, -0.05) is 12.1 Å². The monoisotopic (exact) mass is 246 g/mol. The molecular formula is C11H14N6O. The first-order valence-corrected chi connectivity index (χ1v) is 5.49. The molecule has 1 aromatic carbocycles. The van der Waals surface area contributed by atoms with Crippen LogP contribution in [0.4, 0.5) is 23.5 Å². The molecule has 0 aliphatic carbocycles. The van der Waals surface area contributed by atoms with Gasteiger partial charge < -0.3 is 21.5 Å². The Labute approximate surface area is 104 Å². The van der Waals surface area contributed by atoms with Gasteiger partial charge in [-0.25, -0.2) is 0 Å². The van der Waals surface area contributed by atoms with Crippen LogP contribution in [0.3, 0.4) is 0 Å². The molecule has 0 amide bonds. The Hall–Kier alpha value is -2.57. The number of nitrogens with zero attached hydrogens (tertiary/aromatic N) is 3. The van der Waals surface area contributed by atoms with Crippen LogP contribution in [0.25, 0.3) is 0 Å². The molecule has 0 atom stereocenters. The van der Waals surface area contributed by atoms with E-state index in [0.717, 1.165) is 0 Å². The summed E-state index contributed by atoms with van der Waals surface area (Å²) in [5.74, 6) is 0.892. The number of phenols is 1. The standard InChI is InChI=1S/C11H14N6O/c1-2-13-10-15-9(12)16-11(17-10)14-7-5-3-4-6-8(7)18/h3-6,18H,2H2,1H3,(H4,12,13,14,15,16,17). The summed E-state index contributed by atoms with van der Waals surface area (Å²) in [4.78, 5) is 12.0. The van der Waals surface area contributed by atoms with Crippen molar-refractivity contribution in [1.29, 1.82) is 0 Å². The van der Waals surface area contributed by atoms with E-state index >= 15 is 0 Å². The summed E-state index contributed by atoms with van der Waals surface area (Å²) in [7, 11) is 0. The first-order valence-electron chi connectivity index (χ1n) is 5.49. The van der Waals surface area contributed by atoms with E-state index in [1.54, 1.807) is 24.3 Å². The molecule has 1 heterocycles. The topological polar surface area (TPSA) is 109 Å². The Bertz CT molecular complexity index is 545. The van der Waals surface area contributed by atoms with Gasteiger partial charge in [0.25, 0.3) is 0 Å². The highest BCUT2D eigenvalue weighted by Gasteiger charge is 2.06. The Morgan fingerprint density at radius 1 is 1.17 bits per heavy atom. The number of phenolic OH excluding ortho intramolecular Hbond substituents is 1. The molecule has 2 aromatic rings. The third-order valence-corrected chi connectivity index (χ3v) is 2.14. The minimum absolute atomic E-state index is 0.110. The number of aromatic nitrogens is 3. The van der Waals surface area contributed by atoms with E-state index in [1.807, 2.05) is 6.92 Å². The molecule has 18 heavy (non-hydrogen) atoms. The summed E-state index contributed by atoms with van der Waals surface area (Å²) in [6.45, 7) is 2.61. The first-order chi connectivity index (χ1) is 8.69. The van der Waals surface area contributed by atoms with Crippen LogP contribution in [-0.2, 0) is 0 Å². The summed E-state index contributed by atoms with van der Waals surface area (Å²) < 4.78 is 0. The fraction of sp³-hybridized carbons (Fsp3) is 0.182. The smallest absolute Gasteiger partial charge is 0.233 e. The second-order valence-corrected chi connectivity index (χ2v) is 3.51. The molecule has 0 radical (unpaired) electrons. The molecule has 5 N–H and O–H groups in total. The average Bonchev–Trinajstić information content (AvgIpc) is 2.32. The highest BCUT2D eigenvalue weighted by Crippen LogP contribution is 2.24. The predicted octanol–water partition coefficient (Wildman–Crippen LogP) is 1.33. The number of rotatable bonds is 4. The Balaban J connectivity index is 2.26. The normalized spacial score (nSPS) is 10.1. The third kappa shape index (κ3) is 2.76. The van der Waals surface area contributed by atoms with Crippen molar-refractivity contribution in [3.05, 3.63) is 24.3 Å². The largest absolute Gasteiger partial charge is 0.506 e. The summed E-state index contributed by atoms with van der Waals surface area (Å²) in [6, 6.07) is 6.80. The van der Waals surface area contributed by atoms with Gasteiger partial charge >= 0.3 is 0 Å². The maximum atomic E-state index is 9.63. The number of nitrogen functional groups attached to an aromatic ring is 1. The highest BCUT2D eigenvalue weighted by molar-refractivity contribution is 5.62. The van der Waals surface area contributed by atoms with Crippen LogP contribution in [0.5, 0.6) is 5.75 Å². The van der Waals surface area contributed by atoms with E-state index in [2.05, 4.69) is 25.6 Å². The maximum absolute atomic E-state index is 9.63. The van der Waals surface area contributed by atoms with E-state index in [4.69, 9.17) is 5.73 Å². The van der Waals surface area contributed by atoms with Gasteiger partial charge in [-0.15, -0.1) is 0 Å². The average molecular weight is 246 g/mol. The summed E-state index contributed by atoms with van der Waals surface area (Å²) >= 11 is 0. The molecule has 0 aliphatic rings. The zero-order valence-electron chi connectivity index (χ0n) is 9.88. The van der Waals surface area contributed by atoms with E-state index in [1.165, 1.54) is 0 Å². The SMILES string of the molecule is CCNc1nc(N)nc(Nc2ccccc2O)n1. The van der Waals surface area contributed by atoms with Gasteiger partial charge in [-0.3, -0.25) is 0 Å². The van der Waals surface area contributed by atoms with Crippen LogP contribution in [0.2, 0.25) is 0 Å². The second-order valence-electron chi connectivity index (χ2n) is 3.51. The lowest BCUT2D eigenvalue weighted by atomic mass is 10.3. The molecule has 2 rings (SSSR count). The number of nitrogens with one attached hydrogen (secondary N) is 2. The van der Waals surface area contributed by atoms with Gasteiger partial charge in [0.1, 0.15) is 5.75 Å². The zero-order valence-corrected chi connectivity index (χ0v) is 9.88. The van der Waals surface area contributed by atoms with Crippen molar-refractivity contribution in [2.45, 2.75) is 6.92 Å². The predicted molar refractivity (Wildman–Crippen MR) is 69.8 cm³/mol. The third-order valence-electron chi connectivity index (χ3n) is 2.14. The molecular weight excluding hydrogens is 232 g/mol. The molecule has 0 bridgehead atoms. The van der Waals surface area contributed by atoms with Crippen molar-refractivity contribution in [3.63, 3.8) is 0 Å². The van der Waals surface area contributed by atoms with E-state index in [-0.39, 0.29) is 17.6 Å². The van der Waals surface area contributed by atoms with Crippen molar-refractivity contribution < 1.29 is 5.11 Å². The minimum Gasteiger partial charge on any atom is -0.506 e. The van der Waals surface area contributed by atoms with Crippen LogP contribution in [0.15, 0.2) is 24.3 Å². The highest BCUT2D eigenvalue weighted by atomic mass is 16.3. The molecule has 0 saturated carbocycles. The maximum Gasteiger partial charge on any atom is 0.233 e. The summed E-state index contributed by atoms with van der Waals surface area (Å²) in [6.07, 6.45) is 0. The Morgan fingerprint density at radius 3 is 2.61 bits per heavy atom. The second kappa shape index (κ2) is 5.17. The zero-order chi connectivity index (χ0) is 13.0. The molecule has 0 spiro atoms. The lowest BCUT2D eigenvalue weighted by molar-refractivity contribution is 0.477. The molecule has 0 saturated heterocycles. The number of hydrogen-bond acceptors (Lipinski definition) is 7. The lowest BCUT2D eigenvalue weighted by Crippen LogP contribution is -2.08. The number of hydrogen-bond donors (Lipinski definition) is 4. The molecule has 7 heteroatoms. The quantitative estimate of drug-likeness (QED) is 0.602.